The summed E-state index contributed by atoms with van der Waals surface area (Å²) in [7, 11) is 0. The molecule has 3 aromatic rings. The number of nitrogens with one attached hydrogen (secondary N) is 1. The molecule has 0 unspecified atom stereocenters. The predicted octanol–water partition coefficient (Wildman–Crippen LogP) is 2.97. The fourth-order valence-electron chi connectivity index (χ4n) is 2.26. The van der Waals surface area contributed by atoms with Gasteiger partial charge in [-0.05, 0) is 24.3 Å². The molecule has 1 aromatic carbocycles. The van der Waals surface area contributed by atoms with Crippen LogP contribution in [0.2, 0.25) is 0 Å². The van der Waals surface area contributed by atoms with E-state index < -0.39 is 0 Å². The molecule has 1 aliphatic rings. The van der Waals surface area contributed by atoms with Gasteiger partial charge in [-0.25, -0.2) is 4.98 Å². The Morgan fingerprint density at radius 2 is 2.20 bits per heavy atom. The van der Waals surface area contributed by atoms with Gasteiger partial charge in [-0.2, -0.15) is 0 Å². The van der Waals surface area contributed by atoms with Crippen molar-refractivity contribution in [3.63, 3.8) is 0 Å². The number of aromatic nitrogens is 1. The maximum absolute atomic E-state index is 12.1. The lowest BCUT2D eigenvalue weighted by Gasteiger charge is -2.04. The number of hydrogen-bond donors (Lipinski definition) is 1. The first-order chi connectivity index (χ1) is 12.3. The van der Waals surface area contributed by atoms with E-state index in [9.17, 15) is 4.79 Å². The number of thiazole rings is 1. The number of hydrogen-bond acceptors (Lipinski definition) is 7. The van der Waals surface area contributed by atoms with Crippen LogP contribution in [-0.4, -0.2) is 17.7 Å². The van der Waals surface area contributed by atoms with E-state index in [2.05, 4.69) is 10.3 Å². The van der Waals surface area contributed by atoms with Crippen LogP contribution >= 0.6 is 11.3 Å². The first-order valence-electron chi connectivity index (χ1n) is 7.55. The van der Waals surface area contributed by atoms with Gasteiger partial charge in [-0.15, -0.1) is 11.3 Å². The van der Waals surface area contributed by atoms with Crippen molar-refractivity contribution in [2.24, 2.45) is 0 Å². The van der Waals surface area contributed by atoms with Gasteiger partial charge in [-0.1, -0.05) is 0 Å². The molecular weight excluding hydrogens is 344 g/mol. The van der Waals surface area contributed by atoms with Crippen molar-refractivity contribution >= 4 is 17.2 Å². The second kappa shape index (κ2) is 6.86. The van der Waals surface area contributed by atoms with Crippen LogP contribution in [0.15, 0.2) is 46.4 Å². The van der Waals surface area contributed by atoms with Gasteiger partial charge in [0, 0.05) is 11.4 Å². The Hall–Kier alpha value is -3.00. The van der Waals surface area contributed by atoms with Crippen molar-refractivity contribution < 1.29 is 23.4 Å². The van der Waals surface area contributed by atoms with Gasteiger partial charge in [0.05, 0.1) is 12.8 Å². The number of fused-ring (bicyclic) bond motifs is 1. The van der Waals surface area contributed by atoms with Crippen LogP contribution < -0.4 is 19.5 Å². The third kappa shape index (κ3) is 3.58. The summed E-state index contributed by atoms with van der Waals surface area (Å²) in [4.78, 5) is 16.4. The number of carbonyl (C=O) groups excluding carboxylic acids is 1. The van der Waals surface area contributed by atoms with Gasteiger partial charge in [0.2, 0.25) is 6.79 Å². The highest BCUT2D eigenvalue weighted by molar-refractivity contribution is 7.09. The van der Waals surface area contributed by atoms with Crippen LogP contribution in [0.25, 0.3) is 0 Å². The highest BCUT2D eigenvalue weighted by atomic mass is 32.1. The number of rotatable bonds is 6. The van der Waals surface area contributed by atoms with Gasteiger partial charge in [0.15, 0.2) is 11.5 Å². The Labute approximate surface area is 147 Å². The Balaban J connectivity index is 1.32. The van der Waals surface area contributed by atoms with Crippen LogP contribution in [0.4, 0.5) is 0 Å². The second-order valence-corrected chi connectivity index (χ2v) is 6.13. The van der Waals surface area contributed by atoms with E-state index in [1.807, 2.05) is 0 Å². The molecule has 1 N–H and O–H groups in total. The first kappa shape index (κ1) is 15.5. The lowest BCUT2D eigenvalue weighted by atomic mass is 10.3. The summed E-state index contributed by atoms with van der Waals surface area (Å²) in [5, 5.41) is 5.17. The fourth-order valence-corrected chi connectivity index (χ4v) is 2.95. The molecule has 0 aliphatic carbocycles. The minimum atomic E-state index is -0.248. The molecule has 7 nitrogen and oxygen atoms in total. The van der Waals surface area contributed by atoms with Crippen molar-refractivity contribution in [3.05, 3.63) is 58.4 Å². The number of nitrogens with zero attached hydrogens (tertiary/aromatic N) is 1. The Kier molecular flexibility index (Phi) is 4.26. The van der Waals surface area contributed by atoms with E-state index >= 15 is 0 Å². The smallest absolute Gasteiger partial charge is 0.271 e. The zero-order valence-electron chi connectivity index (χ0n) is 13.1. The molecule has 0 spiro atoms. The average Bonchev–Trinajstić information content (AvgIpc) is 3.39. The van der Waals surface area contributed by atoms with Crippen molar-refractivity contribution in [1.82, 2.24) is 10.3 Å². The third-order valence-electron chi connectivity index (χ3n) is 3.49. The van der Waals surface area contributed by atoms with Gasteiger partial charge < -0.3 is 23.9 Å². The molecule has 0 saturated carbocycles. The lowest BCUT2D eigenvalue weighted by molar-refractivity contribution is 0.0943. The van der Waals surface area contributed by atoms with Crippen molar-refractivity contribution in [2.45, 2.75) is 13.2 Å². The molecule has 2 aromatic heterocycles. The molecule has 0 bridgehead atoms. The summed E-state index contributed by atoms with van der Waals surface area (Å²) in [5.74, 6) is 2.46. The number of amides is 1. The minimum Gasteiger partial charge on any atom is -0.486 e. The number of benzene rings is 1. The van der Waals surface area contributed by atoms with E-state index in [0.717, 1.165) is 0 Å². The highest BCUT2D eigenvalue weighted by Crippen LogP contribution is 2.35. The summed E-state index contributed by atoms with van der Waals surface area (Å²) >= 11 is 1.37. The molecule has 1 amide bonds. The highest BCUT2D eigenvalue weighted by Gasteiger charge is 2.15. The predicted molar refractivity (Wildman–Crippen MR) is 88.9 cm³/mol. The van der Waals surface area contributed by atoms with E-state index in [0.29, 0.717) is 40.3 Å². The zero-order chi connectivity index (χ0) is 17.1. The maximum atomic E-state index is 12.1. The molecular formula is C17H14N2O5S. The zero-order valence-corrected chi connectivity index (χ0v) is 13.9. The summed E-state index contributed by atoms with van der Waals surface area (Å²) in [6.45, 7) is 0.823. The normalized spacial score (nSPS) is 12.2. The van der Waals surface area contributed by atoms with Crippen LogP contribution in [-0.2, 0) is 13.2 Å². The summed E-state index contributed by atoms with van der Waals surface area (Å²) in [6.07, 6.45) is 1.57. The van der Waals surface area contributed by atoms with Gasteiger partial charge >= 0.3 is 0 Å². The SMILES string of the molecule is O=C(NCc1ccco1)c1csc(COc2ccc3c(c2)OCO3)n1. The topological polar surface area (TPSA) is 82.8 Å². The Morgan fingerprint density at radius 3 is 3.08 bits per heavy atom. The van der Waals surface area contributed by atoms with E-state index in [1.165, 1.54) is 11.3 Å². The van der Waals surface area contributed by atoms with Crippen molar-refractivity contribution in [1.29, 1.82) is 0 Å². The van der Waals surface area contributed by atoms with E-state index in [1.54, 1.807) is 42.0 Å². The first-order valence-corrected chi connectivity index (χ1v) is 8.43. The summed E-state index contributed by atoms with van der Waals surface area (Å²) in [5.41, 5.74) is 0.362. The van der Waals surface area contributed by atoms with E-state index in [4.69, 9.17) is 18.6 Å². The molecule has 25 heavy (non-hydrogen) atoms. The minimum absolute atomic E-state index is 0.224. The molecule has 0 atom stereocenters. The molecule has 3 heterocycles. The molecule has 0 saturated heterocycles. The van der Waals surface area contributed by atoms with Crippen molar-refractivity contribution in [3.8, 4) is 17.2 Å². The summed E-state index contributed by atoms with van der Waals surface area (Å²) < 4.78 is 21.4. The largest absolute Gasteiger partial charge is 0.486 e. The molecule has 4 rings (SSSR count). The Morgan fingerprint density at radius 1 is 1.28 bits per heavy atom. The van der Waals surface area contributed by atoms with Crippen LogP contribution in [0.1, 0.15) is 21.3 Å². The average molecular weight is 358 g/mol. The summed E-state index contributed by atoms with van der Waals surface area (Å²) in [6, 6.07) is 8.94. The number of furan rings is 1. The number of carbonyl (C=O) groups is 1. The van der Waals surface area contributed by atoms with Crippen LogP contribution in [0.5, 0.6) is 17.2 Å². The van der Waals surface area contributed by atoms with Gasteiger partial charge in [-0.3, -0.25) is 4.79 Å². The Bertz CT molecular complexity index is 875. The van der Waals surface area contributed by atoms with Gasteiger partial charge in [0.25, 0.3) is 5.91 Å². The third-order valence-corrected chi connectivity index (χ3v) is 4.32. The molecule has 0 radical (unpaired) electrons. The van der Waals surface area contributed by atoms with Crippen LogP contribution in [0.3, 0.4) is 0 Å². The quantitative estimate of drug-likeness (QED) is 0.729. The maximum Gasteiger partial charge on any atom is 0.271 e. The van der Waals surface area contributed by atoms with E-state index in [-0.39, 0.29) is 19.3 Å². The lowest BCUT2D eigenvalue weighted by Crippen LogP contribution is -2.22. The fraction of sp³-hybridized carbons (Fsp3) is 0.176. The monoisotopic (exact) mass is 358 g/mol. The van der Waals surface area contributed by atoms with Crippen LogP contribution in [0, 0.1) is 0 Å². The van der Waals surface area contributed by atoms with Crippen molar-refractivity contribution in [2.75, 3.05) is 6.79 Å². The number of ether oxygens (including phenoxy) is 3. The molecule has 8 heteroatoms. The molecule has 128 valence electrons. The standard InChI is InChI=1S/C17H14N2O5S/c20-17(18-7-12-2-1-5-21-12)13-9-25-16(19-13)8-22-11-3-4-14-15(6-11)24-10-23-14/h1-6,9H,7-8,10H2,(H,18,20). The molecule has 1 aliphatic heterocycles. The molecule has 0 fully saturated rings. The second-order valence-electron chi connectivity index (χ2n) is 5.19. The van der Waals surface area contributed by atoms with Gasteiger partial charge in [0.1, 0.15) is 28.8 Å².